The highest BCUT2D eigenvalue weighted by molar-refractivity contribution is 5.91. The van der Waals surface area contributed by atoms with Gasteiger partial charge in [0.15, 0.2) is 5.78 Å². The van der Waals surface area contributed by atoms with Gasteiger partial charge in [-0.05, 0) is 86.0 Å². The van der Waals surface area contributed by atoms with Gasteiger partial charge in [-0.25, -0.2) is 0 Å². The molecule has 3 saturated carbocycles. The molecule has 0 aromatic rings. The van der Waals surface area contributed by atoms with E-state index in [2.05, 4.69) is 33.8 Å². The lowest BCUT2D eigenvalue weighted by Crippen LogP contribution is -2.49. The quantitative estimate of drug-likeness (QED) is 0.523. The molecule has 0 amide bonds. The van der Waals surface area contributed by atoms with Gasteiger partial charge in [-0.3, -0.25) is 4.79 Å². The number of ketones is 1. The second-order valence-corrected chi connectivity index (χ2v) is 9.31. The lowest BCUT2D eigenvalue weighted by atomic mass is 9.47. The summed E-state index contributed by atoms with van der Waals surface area (Å²) in [5, 5.41) is 0. The maximum atomic E-state index is 11.9. The van der Waals surface area contributed by atoms with Gasteiger partial charge in [-0.2, -0.15) is 0 Å². The summed E-state index contributed by atoms with van der Waals surface area (Å²) in [4.78, 5) is 11.9. The molecule has 0 saturated heterocycles. The first kappa shape index (κ1) is 15.7. The highest BCUT2D eigenvalue weighted by atomic mass is 16.1. The van der Waals surface area contributed by atoms with Crippen LogP contribution in [-0.2, 0) is 4.79 Å². The average molecular weight is 312 g/mol. The molecule has 3 fully saturated rings. The Kier molecular flexibility index (Phi) is 3.45. The van der Waals surface area contributed by atoms with Crippen molar-refractivity contribution < 1.29 is 4.79 Å². The van der Waals surface area contributed by atoms with Crippen LogP contribution in [-0.4, -0.2) is 5.78 Å². The third kappa shape index (κ3) is 2.01. The van der Waals surface area contributed by atoms with E-state index in [-0.39, 0.29) is 0 Å². The van der Waals surface area contributed by atoms with Crippen molar-refractivity contribution in [1.82, 2.24) is 0 Å². The molecular formula is C22H32O. The molecule has 4 rings (SSSR count). The molecule has 23 heavy (non-hydrogen) atoms. The molecule has 0 radical (unpaired) electrons. The first-order valence-corrected chi connectivity index (χ1v) is 9.80. The van der Waals surface area contributed by atoms with E-state index in [4.69, 9.17) is 0 Å². The van der Waals surface area contributed by atoms with E-state index in [0.717, 1.165) is 36.5 Å². The Morgan fingerprint density at radius 3 is 2.61 bits per heavy atom. The van der Waals surface area contributed by atoms with E-state index in [1.807, 2.05) is 6.08 Å². The zero-order chi connectivity index (χ0) is 16.4. The Labute approximate surface area is 141 Å². The lowest BCUT2D eigenvalue weighted by Gasteiger charge is -2.57. The lowest BCUT2D eigenvalue weighted by molar-refractivity contribution is -0.117. The van der Waals surface area contributed by atoms with E-state index in [1.165, 1.54) is 37.7 Å². The SMILES string of the molecule is CC=C1C(C)CC2C3CCC4=CC(=O)CCC4(C)C3CCC12C. The van der Waals surface area contributed by atoms with E-state index in [0.29, 0.717) is 16.6 Å². The Morgan fingerprint density at radius 2 is 1.87 bits per heavy atom. The van der Waals surface area contributed by atoms with Crippen LogP contribution < -0.4 is 0 Å². The topological polar surface area (TPSA) is 17.1 Å². The molecule has 0 aliphatic heterocycles. The van der Waals surface area contributed by atoms with Crippen LogP contribution in [0.3, 0.4) is 0 Å². The fourth-order valence-corrected chi connectivity index (χ4v) is 7.36. The summed E-state index contributed by atoms with van der Waals surface area (Å²) in [6, 6.07) is 0. The van der Waals surface area contributed by atoms with Gasteiger partial charge in [0.25, 0.3) is 0 Å². The van der Waals surface area contributed by atoms with Gasteiger partial charge < -0.3 is 0 Å². The van der Waals surface area contributed by atoms with Crippen molar-refractivity contribution in [2.24, 2.45) is 34.5 Å². The number of allylic oxidation sites excluding steroid dienone is 3. The number of carbonyl (C=O) groups excluding carboxylic acids is 1. The number of hydrogen-bond donors (Lipinski definition) is 0. The van der Waals surface area contributed by atoms with Crippen molar-refractivity contribution in [2.45, 2.75) is 72.6 Å². The third-order valence-corrected chi connectivity index (χ3v) is 8.46. The summed E-state index contributed by atoms with van der Waals surface area (Å²) < 4.78 is 0. The molecule has 126 valence electrons. The average Bonchev–Trinajstić information content (AvgIpc) is 2.77. The van der Waals surface area contributed by atoms with Gasteiger partial charge in [-0.1, -0.05) is 38.0 Å². The summed E-state index contributed by atoms with van der Waals surface area (Å²) in [5.74, 6) is 3.72. The van der Waals surface area contributed by atoms with Crippen LogP contribution in [0.15, 0.2) is 23.3 Å². The molecule has 0 aromatic heterocycles. The maximum absolute atomic E-state index is 11.9. The number of hydrogen-bond acceptors (Lipinski definition) is 1. The number of carbonyl (C=O) groups is 1. The molecule has 6 atom stereocenters. The zero-order valence-electron chi connectivity index (χ0n) is 15.3. The van der Waals surface area contributed by atoms with Gasteiger partial charge in [0.2, 0.25) is 0 Å². The molecule has 1 nitrogen and oxygen atoms in total. The summed E-state index contributed by atoms with van der Waals surface area (Å²) >= 11 is 0. The van der Waals surface area contributed by atoms with E-state index in [9.17, 15) is 4.79 Å². The van der Waals surface area contributed by atoms with Gasteiger partial charge >= 0.3 is 0 Å². The smallest absolute Gasteiger partial charge is 0.155 e. The van der Waals surface area contributed by atoms with E-state index < -0.39 is 0 Å². The fraction of sp³-hybridized carbons (Fsp3) is 0.773. The Morgan fingerprint density at radius 1 is 1.09 bits per heavy atom. The molecule has 0 heterocycles. The number of fused-ring (bicyclic) bond motifs is 5. The largest absolute Gasteiger partial charge is 0.295 e. The minimum Gasteiger partial charge on any atom is -0.295 e. The van der Waals surface area contributed by atoms with Crippen LogP contribution in [0, 0.1) is 34.5 Å². The normalized spacial score (nSPS) is 51.0. The molecule has 4 aliphatic rings. The van der Waals surface area contributed by atoms with Crippen molar-refractivity contribution in [1.29, 1.82) is 0 Å². The summed E-state index contributed by atoms with van der Waals surface area (Å²) in [7, 11) is 0. The van der Waals surface area contributed by atoms with E-state index in [1.54, 1.807) is 5.57 Å². The minimum absolute atomic E-state index is 0.320. The van der Waals surface area contributed by atoms with Crippen molar-refractivity contribution in [3.63, 3.8) is 0 Å². The van der Waals surface area contributed by atoms with Gasteiger partial charge in [-0.15, -0.1) is 0 Å². The maximum Gasteiger partial charge on any atom is 0.155 e. The Balaban J connectivity index is 1.71. The molecule has 0 bridgehead atoms. The first-order valence-electron chi connectivity index (χ1n) is 9.80. The minimum atomic E-state index is 0.320. The second kappa shape index (κ2) is 5.07. The van der Waals surface area contributed by atoms with Crippen LogP contribution in [0.5, 0.6) is 0 Å². The second-order valence-electron chi connectivity index (χ2n) is 9.31. The Hall–Kier alpha value is -0.850. The first-order chi connectivity index (χ1) is 10.9. The molecular weight excluding hydrogens is 280 g/mol. The summed E-state index contributed by atoms with van der Waals surface area (Å²) in [6.07, 6.45) is 13.0. The van der Waals surface area contributed by atoms with Gasteiger partial charge in [0.05, 0.1) is 0 Å². The highest BCUT2D eigenvalue weighted by Crippen LogP contribution is 2.67. The van der Waals surface area contributed by atoms with Crippen LogP contribution in [0.4, 0.5) is 0 Å². The van der Waals surface area contributed by atoms with Crippen molar-refractivity contribution >= 4 is 5.78 Å². The van der Waals surface area contributed by atoms with Gasteiger partial charge in [0.1, 0.15) is 0 Å². The van der Waals surface area contributed by atoms with Crippen LogP contribution in [0.25, 0.3) is 0 Å². The zero-order valence-corrected chi connectivity index (χ0v) is 15.3. The van der Waals surface area contributed by atoms with Crippen LogP contribution in [0.2, 0.25) is 0 Å². The molecule has 6 unspecified atom stereocenters. The van der Waals surface area contributed by atoms with Crippen molar-refractivity contribution in [3.05, 3.63) is 23.3 Å². The van der Waals surface area contributed by atoms with Crippen LogP contribution in [0.1, 0.15) is 72.6 Å². The molecule has 4 aliphatic carbocycles. The third-order valence-electron chi connectivity index (χ3n) is 8.46. The standard InChI is InChI=1S/C22H32O/c1-5-18-14(2)12-20-17-7-6-15-13-16(23)8-10-21(15,3)19(17)9-11-22(18,20)4/h5,13-14,17,19-20H,6-12H2,1-4H3. The predicted octanol–water partition coefficient (Wildman–Crippen LogP) is 5.71. The summed E-state index contributed by atoms with van der Waals surface area (Å²) in [6.45, 7) is 9.74. The van der Waals surface area contributed by atoms with Gasteiger partial charge in [0, 0.05) is 6.42 Å². The fourth-order valence-electron chi connectivity index (χ4n) is 7.36. The highest BCUT2D eigenvalue weighted by Gasteiger charge is 2.58. The van der Waals surface area contributed by atoms with E-state index >= 15 is 0 Å². The molecule has 1 heteroatoms. The monoisotopic (exact) mass is 312 g/mol. The number of rotatable bonds is 0. The predicted molar refractivity (Wildman–Crippen MR) is 95.0 cm³/mol. The van der Waals surface area contributed by atoms with Crippen LogP contribution >= 0.6 is 0 Å². The Bertz CT molecular complexity index is 597. The molecule has 0 spiro atoms. The summed E-state index contributed by atoms with van der Waals surface area (Å²) in [5.41, 5.74) is 4.01. The molecule has 0 N–H and O–H groups in total. The van der Waals surface area contributed by atoms with Crippen molar-refractivity contribution in [3.8, 4) is 0 Å². The van der Waals surface area contributed by atoms with Crippen molar-refractivity contribution in [2.75, 3.05) is 0 Å². The molecule has 0 aromatic carbocycles.